The number of nitrogens with one attached hydrogen (secondary N) is 1. The molecule has 1 N–H and O–H groups in total. The predicted octanol–water partition coefficient (Wildman–Crippen LogP) is 2.63. The third kappa shape index (κ3) is 1.31. The predicted molar refractivity (Wildman–Crippen MR) is 58.7 cm³/mol. The molecule has 1 heterocycles. The van der Waals surface area contributed by atoms with E-state index in [1.54, 1.807) is 0 Å². The van der Waals surface area contributed by atoms with E-state index in [-0.39, 0.29) is 0 Å². The highest BCUT2D eigenvalue weighted by Crippen LogP contribution is 2.38. The maximum atomic E-state index is 3.56. The Kier molecular flexibility index (Phi) is 1.97. The second kappa shape index (κ2) is 3.30. The summed E-state index contributed by atoms with van der Waals surface area (Å²) in [4.78, 5) is 0. The minimum atomic E-state index is 0.664. The Morgan fingerprint density at radius 3 is 3.14 bits per heavy atom. The first kappa shape index (κ1) is 8.34. The van der Waals surface area contributed by atoms with E-state index < -0.39 is 0 Å². The molecule has 0 saturated carbocycles. The number of fused-ring (bicyclic) bond motifs is 2. The molecule has 0 aromatic rings. The van der Waals surface area contributed by atoms with Gasteiger partial charge >= 0.3 is 0 Å². The van der Waals surface area contributed by atoms with E-state index in [4.69, 9.17) is 0 Å². The SMILES string of the molecule is C1=CC2C=C3NCCC[C@H]3C[C@@H]2C=C1. The van der Waals surface area contributed by atoms with Gasteiger partial charge in [0.1, 0.15) is 0 Å². The first-order chi connectivity index (χ1) is 6.93. The smallest absolute Gasteiger partial charge is 0.0144 e. The van der Waals surface area contributed by atoms with Gasteiger partial charge in [0.2, 0.25) is 0 Å². The molecule has 2 aliphatic carbocycles. The lowest BCUT2D eigenvalue weighted by Crippen LogP contribution is -2.34. The van der Waals surface area contributed by atoms with E-state index in [2.05, 4.69) is 35.7 Å². The zero-order valence-electron chi connectivity index (χ0n) is 8.45. The summed E-state index contributed by atoms with van der Waals surface area (Å²) < 4.78 is 0. The lowest BCUT2D eigenvalue weighted by molar-refractivity contribution is 0.325. The molecule has 1 saturated heterocycles. The fraction of sp³-hybridized carbons (Fsp3) is 0.538. The molecule has 1 fully saturated rings. The second-order valence-corrected chi connectivity index (χ2v) is 4.63. The molecular weight excluding hydrogens is 170 g/mol. The largest absolute Gasteiger partial charge is 0.388 e. The minimum absolute atomic E-state index is 0.664. The van der Waals surface area contributed by atoms with Crippen molar-refractivity contribution in [1.29, 1.82) is 0 Å². The molecule has 0 aromatic heterocycles. The molecule has 1 heteroatoms. The normalized spacial score (nSPS) is 39.4. The van der Waals surface area contributed by atoms with Gasteiger partial charge in [-0.1, -0.05) is 30.4 Å². The van der Waals surface area contributed by atoms with E-state index in [0.29, 0.717) is 5.92 Å². The number of hydrogen-bond donors (Lipinski definition) is 1. The standard InChI is InChI=1S/C13H17N/c1-2-5-11-9-13-12(6-3-7-14-13)8-10(11)4-1/h1-2,4-5,9-12,14H,3,6-8H2/t10-,11?,12-/m0/s1. The summed E-state index contributed by atoms with van der Waals surface area (Å²) in [5.74, 6) is 2.26. The summed E-state index contributed by atoms with van der Waals surface area (Å²) in [6.45, 7) is 1.18. The van der Waals surface area contributed by atoms with Crippen LogP contribution in [0, 0.1) is 17.8 Å². The quantitative estimate of drug-likeness (QED) is 0.614. The molecule has 0 spiro atoms. The molecule has 0 amide bonds. The Labute approximate surface area is 85.6 Å². The Hall–Kier alpha value is -0.980. The Bertz CT molecular complexity index is 311. The lowest BCUT2D eigenvalue weighted by Gasteiger charge is -2.37. The van der Waals surface area contributed by atoms with Crippen LogP contribution in [0.1, 0.15) is 19.3 Å². The third-order valence-electron chi connectivity index (χ3n) is 3.72. The first-order valence-corrected chi connectivity index (χ1v) is 5.74. The van der Waals surface area contributed by atoms with Gasteiger partial charge < -0.3 is 5.32 Å². The summed E-state index contributed by atoms with van der Waals surface area (Å²) in [5, 5.41) is 3.56. The van der Waals surface area contributed by atoms with Crippen LogP contribution in [0.4, 0.5) is 0 Å². The van der Waals surface area contributed by atoms with E-state index in [9.17, 15) is 0 Å². The Balaban J connectivity index is 1.88. The summed E-state index contributed by atoms with van der Waals surface area (Å²) in [7, 11) is 0. The van der Waals surface area contributed by atoms with Crippen LogP contribution < -0.4 is 5.32 Å². The van der Waals surface area contributed by atoms with Crippen LogP contribution in [-0.2, 0) is 0 Å². The second-order valence-electron chi connectivity index (χ2n) is 4.63. The van der Waals surface area contributed by atoms with Crippen molar-refractivity contribution >= 4 is 0 Å². The monoisotopic (exact) mass is 187 g/mol. The van der Waals surface area contributed by atoms with Gasteiger partial charge in [-0.2, -0.15) is 0 Å². The fourth-order valence-electron chi connectivity index (χ4n) is 2.94. The van der Waals surface area contributed by atoms with Crippen molar-refractivity contribution in [2.45, 2.75) is 19.3 Å². The number of rotatable bonds is 0. The summed E-state index contributed by atoms with van der Waals surface area (Å²) in [5.41, 5.74) is 1.53. The van der Waals surface area contributed by atoms with Crippen LogP contribution in [0.2, 0.25) is 0 Å². The lowest BCUT2D eigenvalue weighted by atomic mass is 9.73. The molecule has 1 aliphatic heterocycles. The van der Waals surface area contributed by atoms with E-state index in [1.165, 1.54) is 31.5 Å². The zero-order chi connectivity index (χ0) is 9.38. The summed E-state index contributed by atoms with van der Waals surface area (Å²) in [6, 6.07) is 0. The van der Waals surface area contributed by atoms with Crippen LogP contribution in [0.15, 0.2) is 36.1 Å². The van der Waals surface area contributed by atoms with Gasteiger partial charge in [0.15, 0.2) is 0 Å². The highest BCUT2D eigenvalue weighted by molar-refractivity contribution is 5.25. The van der Waals surface area contributed by atoms with Gasteiger partial charge in [-0.3, -0.25) is 0 Å². The summed E-state index contributed by atoms with van der Waals surface area (Å²) >= 11 is 0. The molecule has 0 aromatic carbocycles. The Morgan fingerprint density at radius 1 is 1.21 bits per heavy atom. The minimum Gasteiger partial charge on any atom is -0.388 e. The number of piperidine rings is 1. The molecule has 0 bridgehead atoms. The van der Waals surface area contributed by atoms with Gasteiger partial charge in [-0.15, -0.1) is 0 Å². The molecule has 3 atom stereocenters. The highest BCUT2D eigenvalue weighted by atomic mass is 14.9. The maximum Gasteiger partial charge on any atom is 0.0144 e. The van der Waals surface area contributed by atoms with Crippen molar-refractivity contribution in [2.75, 3.05) is 6.54 Å². The first-order valence-electron chi connectivity index (χ1n) is 5.74. The fourth-order valence-corrected chi connectivity index (χ4v) is 2.94. The molecule has 3 rings (SSSR count). The van der Waals surface area contributed by atoms with Gasteiger partial charge in [0, 0.05) is 18.2 Å². The van der Waals surface area contributed by atoms with Gasteiger partial charge in [-0.25, -0.2) is 0 Å². The van der Waals surface area contributed by atoms with E-state index >= 15 is 0 Å². The Morgan fingerprint density at radius 2 is 2.14 bits per heavy atom. The molecule has 14 heavy (non-hydrogen) atoms. The number of allylic oxidation sites excluding steroid dienone is 6. The third-order valence-corrected chi connectivity index (χ3v) is 3.72. The van der Waals surface area contributed by atoms with Crippen molar-refractivity contribution in [2.24, 2.45) is 17.8 Å². The van der Waals surface area contributed by atoms with Crippen molar-refractivity contribution in [1.82, 2.24) is 5.32 Å². The maximum absolute atomic E-state index is 3.56. The molecule has 3 aliphatic rings. The van der Waals surface area contributed by atoms with Gasteiger partial charge in [0.05, 0.1) is 0 Å². The topological polar surface area (TPSA) is 12.0 Å². The van der Waals surface area contributed by atoms with Crippen LogP contribution in [-0.4, -0.2) is 6.54 Å². The van der Waals surface area contributed by atoms with Crippen LogP contribution >= 0.6 is 0 Å². The van der Waals surface area contributed by atoms with Crippen molar-refractivity contribution < 1.29 is 0 Å². The molecule has 1 nitrogen and oxygen atoms in total. The van der Waals surface area contributed by atoms with Gasteiger partial charge in [0.25, 0.3) is 0 Å². The van der Waals surface area contributed by atoms with Crippen LogP contribution in [0.25, 0.3) is 0 Å². The van der Waals surface area contributed by atoms with E-state index in [0.717, 1.165) is 11.8 Å². The van der Waals surface area contributed by atoms with Crippen molar-refractivity contribution in [3.63, 3.8) is 0 Å². The van der Waals surface area contributed by atoms with E-state index in [1.807, 2.05) is 0 Å². The van der Waals surface area contributed by atoms with Crippen molar-refractivity contribution in [3.8, 4) is 0 Å². The van der Waals surface area contributed by atoms with Crippen LogP contribution in [0.3, 0.4) is 0 Å². The molecule has 0 radical (unpaired) electrons. The number of hydrogen-bond acceptors (Lipinski definition) is 1. The zero-order valence-corrected chi connectivity index (χ0v) is 8.45. The molecular formula is C13H17N. The van der Waals surface area contributed by atoms with Crippen molar-refractivity contribution in [3.05, 3.63) is 36.1 Å². The van der Waals surface area contributed by atoms with Gasteiger partial charge in [-0.05, 0) is 31.1 Å². The molecule has 1 unspecified atom stereocenters. The van der Waals surface area contributed by atoms with Crippen LogP contribution in [0.5, 0.6) is 0 Å². The average molecular weight is 187 g/mol. The highest BCUT2D eigenvalue weighted by Gasteiger charge is 2.30. The average Bonchev–Trinajstić information content (AvgIpc) is 2.26. The molecule has 74 valence electrons. The summed E-state index contributed by atoms with van der Waals surface area (Å²) in [6.07, 6.45) is 15.6.